The van der Waals surface area contributed by atoms with Gasteiger partial charge < -0.3 is 9.84 Å². The smallest absolute Gasteiger partial charge is 0.0695 e. The van der Waals surface area contributed by atoms with Crippen LogP contribution in [0.3, 0.4) is 0 Å². The third-order valence-electron chi connectivity index (χ3n) is 2.93. The van der Waals surface area contributed by atoms with Crippen molar-refractivity contribution in [1.29, 1.82) is 0 Å². The second-order valence-corrected chi connectivity index (χ2v) is 4.17. The number of ether oxygens (including phenoxy) is 1. The molecular weight excluding hydrogens is 166 g/mol. The van der Waals surface area contributed by atoms with E-state index in [0.29, 0.717) is 5.92 Å². The molecule has 1 N–H and O–H groups in total. The fourth-order valence-corrected chi connectivity index (χ4v) is 1.87. The van der Waals surface area contributed by atoms with Crippen LogP contribution in [0.5, 0.6) is 0 Å². The summed E-state index contributed by atoms with van der Waals surface area (Å²) in [6.07, 6.45) is 3.48. The molecular formula is C10H19NO2. The highest BCUT2D eigenvalue weighted by atomic mass is 16.5. The second-order valence-electron chi connectivity index (χ2n) is 4.17. The maximum absolute atomic E-state index is 9.75. The Labute approximate surface area is 79.7 Å². The Morgan fingerprint density at radius 3 is 2.92 bits per heavy atom. The van der Waals surface area contributed by atoms with E-state index >= 15 is 0 Å². The SMILES string of the molecule is OC(CN1CCCOCC1)C1CC1. The summed E-state index contributed by atoms with van der Waals surface area (Å²) in [5.41, 5.74) is 0. The number of hydrogen-bond acceptors (Lipinski definition) is 3. The molecule has 3 heteroatoms. The van der Waals surface area contributed by atoms with Crippen molar-refractivity contribution in [1.82, 2.24) is 4.90 Å². The maximum atomic E-state index is 9.75. The molecule has 1 aliphatic heterocycles. The van der Waals surface area contributed by atoms with Gasteiger partial charge in [0.15, 0.2) is 0 Å². The quantitative estimate of drug-likeness (QED) is 0.694. The maximum Gasteiger partial charge on any atom is 0.0695 e. The van der Waals surface area contributed by atoms with Crippen molar-refractivity contribution < 1.29 is 9.84 Å². The van der Waals surface area contributed by atoms with E-state index in [0.717, 1.165) is 39.3 Å². The van der Waals surface area contributed by atoms with E-state index in [1.807, 2.05) is 0 Å². The molecule has 1 saturated carbocycles. The summed E-state index contributed by atoms with van der Waals surface area (Å²) in [4.78, 5) is 2.33. The van der Waals surface area contributed by atoms with Crippen LogP contribution in [-0.2, 0) is 4.74 Å². The summed E-state index contributed by atoms with van der Waals surface area (Å²) in [6.45, 7) is 4.65. The summed E-state index contributed by atoms with van der Waals surface area (Å²) >= 11 is 0. The fourth-order valence-electron chi connectivity index (χ4n) is 1.87. The normalized spacial score (nSPS) is 28.4. The van der Waals surface area contributed by atoms with Gasteiger partial charge in [0.1, 0.15) is 0 Å². The van der Waals surface area contributed by atoms with E-state index < -0.39 is 0 Å². The van der Waals surface area contributed by atoms with Crippen molar-refractivity contribution >= 4 is 0 Å². The summed E-state index contributed by atoms with van der Waals surface area (Å²) in [6, 6.07) is 0. The Hall–Kier alpha value is -0.120. The van der Waals surface area contributed by atoms with Gasteiger partial charge in [-0.1, -0.05) is 0 Å². The first-order chi connectivity index (χ1) is 6.36. The Balaban J connectivity index is 1.71. The van der Waals surface area contributed by atoms with Crippen LogP contribution in [0.15, 0.2) is 0 Å². The van der Waals surface area contributed by atoms with Crippen LogP contribution in [-0.4, -0.2) is 49.0 Å². The van der Waals surface area contributed by atoms with Gasteiger partial charge >= 0.3 is 0 Å². The number of β-amino-alcohol motifs (C(OH)–C–C–N with tert-alkyl or cyclic N) is 1. The van der Waals surface area contributed by atoms with Crippen molar-refractivity contribution in [2.24, 2.45) is 5.92 Å². The van der Waals surface area contributed by atoms with Gasteiger partial charge in [-0.2, -0.15) is 0 Å². The first-order valence-electron chi connectivity index (χ1n) is 5.34. The zero-order chi connectivity index (χ0) is 9.10. The van der Waals surface area contributed by atoms with E-state index in [1.165, 1.54) is 12.8 Å². The Morgan fingerprint density at radius 1 is 1.31 bits per heavy atom. The predicted octanol–water partition coefficient (Wildman–Crippen LogP) is 0.480. The van der Waals surface area contributed by atoms with Crippen LogP contribution in [0.1, 0.15) is 19.3 Å². The molecule has 1 unspecified atom stereocenters. The summed E-state index contributed by atoms with van der Waals surface area (Å²) < 4.78 is 5.36. The Bertz CT molecular complexity index is 151. The number of aliphatic hydroxyl groups excluding tert-OH is 1. The van der Waals surface area contributed by atoms with E-state index in [4.69, 9.17) is 4.74 Å². The minimum Gasteiger partial charge on any atom is -0.392 e. The van der Waals surface area contributed by atoms with Gasteiger partial charge in [0.25, 0.3) is 0 Å². The summed E-state index contributed by atoms with van der Waals surface area (Å²) in [5, 5.41) is 9.75. The molecule has 0 aromatic carbocycles. The average Bonchev–Trinajstić information content (AvgIpc) is 2.92. The van der Waals surface area contributed by atoms with Crippen LogP contribution in [0.25, 0.3) is 0 Å². The van der Waals surface area contributed by atoms with E-state index in [-0.39, 0.29) is 6.10 Å². The third kappa shape index (κ3) is 2.93. The Morgan fingerprint density at radius 2 is 2.15 bits per heavy atom. The van der Waals surface area contributed by atoms with Gasteiger partial charge in [0.05, 0.1) is 12.7 Å². The van der Waals surface area contributed by atoms with Gasteiger partial charge in [-0.15, -0.1) is 0 Å². The molecule has 0 amide bonds. The highest BCUT2D eigenvalue weighted by molar-refractivity contribution is 4.83. The van der Waals surface area contributed by atoms with Crippen LogP contribution >= 0.6 is 0 Å². The van der Waals surface area contributed by atoms with Crippen molar-refractivity contribution in [2.75, 3.05) is 32.8 Å². The van der Waals surface area contributed by atoms with E-state index in [1.54, 1.807) is 0 Å². The summed E-state index contributed by atoms with van der Waals surface area (Å²) in [5.74, 6) is 0.601. The fraction of sp³-hybridized carbons (Fsp3) is 1.00. The number of nitrogens with zero attached hydrogens (tertiary/aromatic N) is 1. The largest absolute Gasteiger partial charge is 0.392 e. The molecule has 2 rings (SSSR count). The van der Waals surface area contributed by atoms with Gasteiger partial charge in [0, 0.05) is 26.2 Å². The van der Waals surface area contributed by atoms with Crippen molar-refractivity contribution in [3.05, 3.63) is 0 Å². The molecule has 13 heavy (non-hydrogen) atoms. The summed E-state index contributed by atoms with van der Waals surface area (Å²) in [7, 11) is 0. The zero-order valence-corrected chi connectivity index (χ0v) is 8.11. The molecule has 1 aliphatic carbocycles. The van der Waals surface area contributed by atoms with E-state index in [2.05, 4.69) is 4.90 Å². The van der Waals surface area contributed by atoms with Crippen LogP contribution in [0.2, 0.25) is 0 Å². The lowest BCUT2D eigenvalue weighted by Gasteiger charge is -2.22. The van der Waals surface area contributed by atoms with Crippen molar-refractivity contribution in [2.45, 2.75) is 25.4 Å². The minimum absolute atomic E-state index is 0.0851. The average molecular weight is 185 g/mol. The monoisotopic (exact) mass is 185 g/mol. The van der Waals surface area contributed by atoms with Gasteiger partial charge in [-0.05, 0) is 25.2 Å². The van der Waals surface area contributed by atoms with Crippen LogP contribution in [0.4, 0.5) is 0 Å². The molecule has 0 aromatic rings. The molecule has 2 aliphatic rings. The highest BCUT2D eigenvalue weighted by Gasteiger charge is 2.30. The molecule has 2 fully saturated rings. The molecule has 1 atom stereocenters. The highest BCUT2D eigenvalue weighted by Crippen LogP contribution is 2.32. The molecule has 3 nitrogen and oxygen atoms in total. The van der Waals surface area contributed by atoms with Crippen molar-refractivity contribution in [3.8, 4) is 0 Å². The predicted molar refractivity (Wildman–Crippen MR) is 50.6 cm³/mol. The molecule has 0 spiro atoms. The Kier molecular flexibility index (Phi) is 3.19. The second kappa shape index (κ2) is 4.40. The lowest BCUT2D eigenvalue weighted by Crippen LogP contribution is -2.35. The minimum atomic E-state index is -0.0851. The molecule has 1 saturated heterocycles. The van der Waals surface area contributed by atoms with Crippen LogP contribution < -0.4 is 0 Å². The van der Waals surface area contributed by atoms with Crippen LogP contribution in [0, 0.1) is 5.92 Å². The lowest BCUT2D eigenvalue weighted by atomic mass is 10.2. The molecule has 0 aromatic heterocycles. The number of aliphatic hydroxyl groups is 1. The topological polar surface area (TPSA) is 32.7 Å². The third-order valence-corrected chi connectivity index (χ3v) is 2.93. The van der Waals surface area contributed by atoms with Gasteiger partial charge in [-0.3, -0.25) is 4.90 Å². The first-order valence-corrected chi connectivity index (χ1v) is 5.34. The number of rotatable bonds is 3. The molecule has 1 heterocycles. The standard InChI is InChI=1S/C10H19NO2/c12-10(9-2-3-9)8-11-4-1-6-13-7-5-11/h9-10,12H,1-8H2. The lowest BCUT2D eigenvalue weighted by molar-refractivity contribution is 0.0894. The molecule has 0 bridgehead atoms. The van der Waals surface area contributed by atoms with Crippen molar-refractivity contribution in [3.63, 3.8) is 0 Å². The molecule has 76 valence electrons. The van der Waals surface area contributed by atoms with Gasteiger partial charge in [0.2, 0.25) is 0 Å². The number of hydrogen-bond donors (Lipinski definition) is 1. The van der Waals surface area contributed by atoms with E-state index in [9.17, 15) is 5.11 Å². The first kappa shape index (κ1) is 9.44. The zero-order valence-electron chi connectivity index (χ0n) is 8.11. The van der Waals surface area contributed by atoms with Gasteiger partial charge in [-0.25, -0.2) is 0 Å². The molecule has 0 radical (unpaired) electrons.